The van der Waals surface area contributed by atoms with E-state index in [4.69, 9.17) is 4.74 Å². The fourth-order valence-corrected chi connectivity index (χ4v) is 5.40. The highest BCUT2D eigenvalue weighted by atomic mass is 16.5. The molecular weight excluding hydrogens is 348 g/mol. The summed E-state index contributed by atoms with van der Waals surface area (Å²) in [5.41, 5.74) is 0. The first-order valence-electron chi connectivity index (χ1n) is 12.1. The third kappa shape index (κ3) is 7.24. The van der Waals surface area contributed by atoms with Crippen LogP contribution >= 0.6 is 0 Å². The molecule has 0 unspecified atom stereocenters. The van der Waals surface area contributed by atoms with Gasteiger partial charge in [-0.2, -0.15) is 0 Å². The molecule has 0 bridgehead atoms. The summed E-state index contributed by atoms with van der Waals surface area (Å²) >= 11 is 0. The summed E-state index contributed by atoms with van der Waals surface area (Å²) in [6.07, 6.45) is 12.6. The van der Waals surface area contributed by atoms with Crippen molar-refractivity contribution in [3.63, 3.8) is 0 Å². The molecule has 5 heteroatoms. The summed E-state index contributed by atoms with van der Waals surface area (Å²) in [7, 11) is 1.86. The molecule has 4 N–H and O–H groups in total. The maximum Gasteiger partial charge on any atom is 0.112 e. The summed E-state index contributed by atoms with van der Waals surface area (Å²) in [6, 6.07) is 0.672. The molecule has 0 atom stereocenters. The molecule has 5 nitrogen and oxygen atoms in total. The molecule has 0 spiro atoms. The predicted octanol–water partition coefficient (Wildman–Crippen LogP) is 3.07. The van der Waals surface area contributed by atoms with E-state index in [1.165, 1.54) is 70.9 Å². The van der Waals surface area contributed by atoms with E-state index >= 15 is 0 Å². The average Bonchev–Trinajstić information content (AvgIpc) is 2.73. The minimum atomic E-state index is 0.303. The van der Waals surface area contributed by atoms with Crippen molar-refractivity contribution in [2.75, 3.05) is 33.3 Å². The molecular formula is C23H46N4O. The van der Waals surface area contributed by atoms with Crippen molar-refractivity contribution in [2.24, 2.45) is 23.7 Å². The Morgan fingerprint density at radius 2 is 1.57 bits per heavy atom. The van der Waals surface area contributed by atoms with Crippen LogP contribution in [-0.2, 0) is 4.74 Å². The SMILES string of the molecule is COC1CCC(C2CNC(NC3CCC(CNCCC(C)C)CC3)NC2)CC1. The minimum absolute atomic E-state index is 0.303. The molecule has 1 heterocycles. The summed E-state index contributed by atoms with van der Waals surface area (Å²) in [5, 5.41) is 15.0. The van der Waals surface area contributed by atoms with Crippen molar-refractivity contribution >= 4 is 0 Å². The largest absolute Gasteiger partial charge is 0.381 e. The smallest absolute Gasteiger partial charge is 0.112 e. The van der Waals surface area contributed by atoms with Gasteiger partial charge in [-0.3, -0.25) is 16.0 Å². The van der Waals surface area contributed by atoms with Gasteiger partial charge in [0.1, 0.15) is 6.29 Å². The van der Waals surface area contributed by atoms with Gasteiger partial charge in [0.15, 0.2) is 0 Å². The predicted molar refractivity (Wildman–Crippen MR) is 117 cm³/mol. The van der Waals surface area contributed by atoms with Crippen LogP contribution in [-0.4, -0.2) is 51.7 Å². The van der Waals surface area contributed by atoms with Gasteiger partial charge in [-0.05, 0) is 94.5 Å². The highest BCUT2D eigenvalue weighted by Crippen LogP contribution is 2.32. The lowest BCUT2D eigenvalue weighted by Gasteiger charge is -2.40. The number of hydrogen-bond donors (Lipinski definition) is 4. The van der Waals surface area contributed by atoms with Gasteiger partial charge in [0, 0.05) is 26.2 Å². The lowest BCUT2D eigenvalue weighted by atomic mass is 9.78. The second kappa shape index (κ2) is 11.8. The lowest BCUT2D eigenvalue weighted by Crippen LogP contribution is -2.63. The Hall–Kier alpha value is -0.200. The maximum atomic E-state index is 5.53. The van der Waals surface area contributed by atoms with E-state index in [0.29, 0.717) is 18.4 Å². The second-order valence-corrected chi connectivity index (χ2v) is 10.1. The van der Waals surface area contributed by atoms with Gasteiger partial charge in [-0.1, -0.05) is 13.8 Å². The maximum absolute atomic E-state index is 5.53. The standard InChI is InChI=1S/C23H46N4O/c1-17(2)12-13-24-14-18-4-8-21(9-5-18)27-23-25-15-20(16-26-23)19-6-10-22(28-3)11-7-19/h17-27H,4-16H2,1-3H3. The molecule has 1 aliphatic heterocycles. The summed E-state index contributed by atoms with van der Waals surface area (Å²) in [4.78, 5) is 0. The molecule has 0 aromatic carbocycles. The van der Waals surface area contributed by atoms with E-state index in [1.54, 1.807) is 0 Å². The molecule has 2 aliphatic carbocycles. The Balaban J connectivity index is 1.26. The molecule has 0 amide bonds. The van der Waals surface area contributed by atoms with Crippen molar-refractivity contribution in [1.29, 1.82) is 0 Å². The van der Waals surface area contributed by atoms with Crippen molar-refractivity contribution in [1.82, 2.24) is 21.3 Å². The summed E-state index contributed by atoms with van der Waals surface area (Å²) in [5.74, 6) is 3.33. The van der Waals surface area contributed by atoms with Crippen LogP contribution in [0.25, 0.3) is 0 Å². The topological polar surface area (TPSA) is 57.4 Å². The van der Waals surface area contributed by atoms with E-state index < -0.39 is 0 Å². The van der Waals surface area contributed by atoms with Crippen LogP contribution in [0.2, 0.25) is 0 Å². The first kappa shape index (κ1) is 22.5. The zero-order chi connectivity index (χ0) is 19.8. The molecule has 3 fully saturated rings. The number of ether oxygens (including phenoxy) is 1. The van der Waals surface area contributed by atoms with Crippen LogP contribution in [0.1, 0.15) is 71.6 Å². The lowest BCUT2D eigenvalue weighted by molar-refractivity contribution is 0.0414. The molecule has 2 saturated carbocycles. The normalized spacial score (nSPS) is 37.3. The Morgan fingerprint density at radius 3 is 2.18 bits per heavy atom. The number of hydrogen-bond acceptors (Lipinski definition) is 5. The van der Waals surface area contributed by atoms with E-state index in [1.807, 2.05) is 7.11 Å². The molecule has 28 heavy (non-hydrogen) atoms. The number of nitrogens with one attached hydrogen (secondary N) is 4. The van der Waals surface area contributed by atoms with Gasteiger partial charge in [0.2, 0.25) is 0 Å². The van der Waals surface area contributed by atoms with Gasteiger partial charge in [0.05, 0.1) is 6.10 Å². The Labute approximate surface area is 173 Å². The van der Waals surface area contributed by atoms with E-state index in [9.17, 15) is 0 Å². The third-order valence-corrected chi connectivity index (χ3v) is 7.47. The van der Waals surface area contributed by atoms with Crippen LogP contribution in [0.15, 0.2) is 0 Å². The zero-order valence-corrected chi connectivity index (χ0v) is 18.6. The fourth-order valence-electron chi connectivity index (χ4n) is 5.40. The van der Waals surface area contributed by atoms with E-state index in [-0.39, 0.29) is 0 Å². The van der Waals surface area contributed by atoms with Crippen LogP contribution in [0.4, 0.5) is 0 Å². The molecule has 3 rings (SSSR count). The number of rotatable bonds is 9. The molecule has 3 aliphatic rings. The zero-order valence-electron chi connectivity index (χ0n) is 18.6. The summed E-state index contributed by atoms with van der Waals surface area (Å²) in [6.45, 7) is 9.32. The van der Waals surface area contributed by atoms with Crippen LogP contribution in [0.3, 0.4) is 0 Å². The molecule has 0 aromatic heterocycles. The third-order valence-electron chi connectivity index (χ3n) is 7.47. The monoisotopic (exact) mass is 394 g/mol. The van der Waals surface area contributed by atoms with Crippen LogP contribution < -0.4 is 21.3 Å². The van der Waals surface area contributed by atoms with Crippen LogP contribution in [0.5, 0.6) is 0 Å². The fraction of sp³-hybridized carbons (Fsp3) is 1.00. The van der Waals surface area contributed by atoms with Gasteiger partial charge in [-0.25, -0.2) is 0 Å². The Morgan fingerprint density at radius 1 is 0.893 bits per heavy atom. The highest BCUT2D eigenvalue weighted by molar-refractivity contribution is 4.87. The average molecular weight is 395 g/mol. The first-order valence-corrected chi connectivity index (χ1v) is 12.1. The van der Waals surface area contributed by atoms with Gasteiger partial charge in [0.25, 0.3) is 0 Å². The van der Waals surface area contributed by atoms with Gasteiger partial charge >= 0.3 is 0 Å². The van der Waals surface area contributed by atoms with E-state index in [0.717, 1.165) is 36.8 Å². The number of methoxy groups -OCH3 is 1. The summed E-state index contributed by atoms with van der Waals surface area (Å²) < 4.78 is 5.53. The highest BCUT2D eigenvalue weighted by Gasteiger charge is 2.31. The second-order valence-electron chi connectivity index (χ2n) is 10.1. The molecule has 164 valence electrons. The van der Waals surface area contributed by atoms with Gasteiger partial charge < -0.3 is 10.1 Å². The van der Waals surface area contributed by atoms with Crippen molar-refractivity contribution < 1.29 is 4.74 Å². The van der Waals surface area contributed by atoms with Crippen molar-refractivity contribution in [3.8, 4) is 0 Å². The minimum Gasteiger partial charge on any atom is -0.381 e. The Bertz CT molecular complexity index is 409. The van der Waals surface area contributed by atoms with Crippen molar-refractivity contribution in [2.45, 2.75) is 90.1 Å². The van der Waals surface area contributed by atoms with Gasteiger partial charge in [-0.15, -0.1) is 0 Å². The molecule has 0 radical (unpaired) electrons. The van der Waals surface area contributed by atoms with Crippen LogP contribution in [0, 0.1) is 23.7 Å². The Kier molecular flexibility index (Phi) is 9.52. The van der Waals surface area contributed by atoms with Crippen molar-refractivity contribution in [3.05, 3.63) is 0 Å². The molecule has 0 aromatic rings. The quantitative estimate of drug-likeness (QED) is 0.453. The first-order chi connectivity index (χ1) is 13.6. The van der Waals surface area contributed by atoms with E-state index in [2.05, 4.69) is 35.1 Å². The molecule has 1 saturated heterocycles.